The average molecular weight is 423 g/mol. The summed E-state index contributed by atoms with van der Waals surface area (Å²) in [6.45, 7) is 1.54. The van der Waals surface area contributed by atoms with Crippen molar-refractivity contribution in [2.75, 3.05) is 32.7 Å². The number of carbonyl (C=O) groups excluding carboxylic acids is 1. The number of amides is 1. The zero-order valence-electron chi connectivity index (χ0n) is 14.3. The van der Waals surface area contributed by atoms with Gasteiger partial charge < -0.3 is 10.2 Å². The van der Waals surface area contributed by atoms with E-state index in [-0.39, 0.29) is 44.0 Å². The zero-order chi connectivity index (χ0) is 18.9. The molecular formula is C15H20ClFN4O5S. The molecule has 1 atom stereocenters. The maximum Gasteiger partial charge on any atom is 0.324 e. The van der Waals surface area contributed by atoms with Gasteiger partial charge in [-0.2, -0.15) is 8.70 Å². The quantitative estimate of drug-likeness (QED) is 0.565. The number of hydrogen-bond donors (Lipinski definition) is 1. The van der Waals surface area contributed by atoms with E-state index in [1.165, 1.54) is 0 Å². The van der Waals surface area contributed by atoms with E-state index >= 15 is 0 Å². The minimum Gasteiger partial charge on any atom is -0.336 e. The van der Waals surface area contributed by atoms with E-state index in [0.717, 1.165) is 22.5 Å². The number of para-hydroxylation sites is 1. The van der Waals surface area contributed by atoms with E-state index in [2.05, 4.69) is 5.32 Å². The third kappa shape index (κ3) is 4.21. The molecule has 9 nitrogen and oxygen atoms in total. The number of nitrogens with zero attached hydrogens (tertiary/aromatic N) is 3. The molecule has 0 bridgehead atoms. The van der Waals surface area contributed by atoms with Gasteiger partial charge in [0, 0.05) is 32.2 Å². The number of nitro benzene ring substituents is 1. The molecule has 1 amide bonds. The van der Waals surface area contributed by atoms with Crippen LogP contribution >= 0.6 is 12.4 Å². The van der Waals surface area contributed by atoms with Crippen molar-refractivity contribution in [2.45, 2.75) is 23.8 Å². The maximum absolute atomic E-state index is 13.8. The number of halogens is 2. The normalized spacial score (nSPS) is 21.6. The third-order valence-electron chi connectivity index (χ3n) is 4.68. The minimum absolute atomic E-state index is 0. The topological polar surface area (TPSA) is 113 Å². The number of nitro groups is 1. The lowest BCUT2D eigenvalue weighted by Crippen LogP contribution is -2.57. The van der Waals surface area contributed by atoms with Crippen LogP contribution < -0.4 is 5.32 Å². The zero-order valence-corrected chi connectivity index (χ0v) is 16.0. The van der Waals surface area contributed by atoms with Gasteiger partial charge in [0.15, 0.2) is 4.90 Å². The highest BCUT2D eigenvalue weighted by atomic mass is 35.5. The number of carbonyl (C=O) groups is 1. The molecule has 2 aliphatic heterocycles. The van der Waals surface area contributed by atoms with E-state index in [1.54, 1.807) is 4.90 Å². The summed E-state index contributed by atoms with van der Waals surface area (Å²) in [5.41, 5.74) is -1.05. The van der Waals surface area contributed by atoms with Crippen molar-refractivity contribution in [1.29, 1.82) is 0 Å². The van der Waals surface area contributed by atoms with Gasteiger partial charge in [-0.05, 0) is 25.0 Å². The van der Waals surface area contributed by atoms with Crippen LogP contribution in [0.4, 0.5) is 10.1 Å². The summed E-state index contributed by atoms with van der Waals surface area (Å²) in [6.07, 6.45) is 1.17. The monoisotopic (exact) mass is 422 g/mol. The molecule has 0 saturated carbocycles. The fourth-order valence-electron chi connectivity index (χ4n) is 3.42. The first-order chi connectivity index (χ1) is 12.3. The number of benzene rings is 1. The van der Waals surface area contributed by atoms with Crippen LogP contribution in [0.15, 0.2) is 23.1 Å². The summed E-state index contributed by atoms with van der Waals surface area (Å²) in [5.74, 6) is -1.29. The Labute approximate surface area is 162 Å². The van der Waals surface area contributed by atoms with Crippen LogP contribution in [0.2, 0.25) is 0 Å². The Morgan fingerprint density at radius 1 is 1.30 bits per heavy atom. The summed E-state index contributed by atoms with van der Waals surface area (Å²) in [6, 6.07) is 2.74. The van der Waals surface area contributed by atoms with Crippen molar-refractivity contribution in [1.82, 2.24) is 14.5 Å². The molecule has 0 aliphatic carbocycles. The Balaban J connectivity index is 0.00000261. The van der Waals surface area contributed by atoms with Crippen LogP contribution in [-0.2, 0) is 14.8 Å². The van der Waals surface area contributed by atoms with E-state index in [9.17, 15) is 27.7 Å². The highest BCUT2D eigenvalue weighted by molar-refractivity contribution is 7.89. The number of piperazine rings is 1. The molecule has 2 aliphatic rings. The lowest BCUT2D eigenvalue weighted by atomic mass is 10.1. The summed E-state index contributed by atoms with van der Waals surface area (Å²) in [7, 11) is -4.25. The van der Waals surface area contributed by atoms with Crippen LogP contribution in [0, 0.1) is 15.9 Å². The van der Waals surface area contributed by atoms with Gasteiger partial charge in [0.25, 0.3) is 0 Å². The molecule has 0 aromatic heterocycles. The fraction of sp³-hybridized carbons (Fsp3) is 0.533. The molecule has 27 heavy (non-hydrogen) atoms. The van der Waals surface area contributed by atoms with Crippen LogP contribution in [-0.4, -0.2) is 67.2 Å². The van der Waals surface area contributed by atoms with E-state index < -0.39 is 31.3 Å². The summed E-state index contributed by atoms with van der Waals surface area (Å²) < 4.78 is 40.8. The lowest BCUT2D eigenvalue weighted by Gasteiger charge is -2.40. The molecule has 0 radical (unpaired) electrons. The molecule has 1 aromatic carbocycles. The standard InChI is InChI=1S/C15H19FN4O5S.ClH/c16-12-4-1-5-13(15(12)20(22)23)26(24,25)18-7-2-3-11(10-18)19-8-6-17-9-14(19)21;/h1,4-5,11,17H,2-3,6-10H2;1H. The molecule has 3 rings (SSSR count). The van der Waals surface area contributed by atoms with Crippen molar-refractivity contribution in [3.05, 3.63) is 34.1 Å². The van der Waals surface area contributed by atoms with Crippen molar-refractivity contribution in [2.24, 2.45) is 0 Å². The second kappa shape index (κ2) is 8.46. The third-order valence-corrected chi connectivity index (χ3v) is 6.57. The maximum atomic E-state index is 13.8. The molecule has 2 heterocycles. The van der Waals surface area contributed by atoms with Gasteiger partial charge in [-0.25, -0.2) is 8.42 Å². The van der Waals surface area contributed by atoms with Gasteiger partial charge in [-0.15, -0.1) is 12.4 Å². The Morgan fingerprint density at radius 2 is 2.04 bits per heavy atom. The first-order valence-electron chi connectivity index (χ1n) is 8.25. The number of sulfonamides is 1. The Hall–Kier alpha value is -1.82. The number of piperidine rings is 1. The lowest BCUT2D eigenvalue weighted by molar-refractivity contribution is -0.390. The molecule has 1 aromatic rings. The van der Waals surface area contributed by atoms with Crippen molar-refractivity contribution in [3.8, 4) is 0 Å². The van der Waals surface area contributed by atoms with Crippen LogP contribution in [0.3, 0.4) is 0 Å². The molecule has 1 unspecified atom stereocenters. The summed E-state index contributed by atoms with van der Waals surface area (Å²) in [4.78, 5) is 23.2. The highest BCUT2D eigenvalue weighted by Crippen LogP contribution is 2.31. The first kappa shape index (κ1) is 21.5. The van der Waals surface area contributed by atoms with Crippen LogP contribution in [0.5, 0.6) is 0 Å². The summed E-state index contributed by atoms with van der Waals surface area (Å²) in [5, 5.41) is 14.1. The molecule has 2 fully saturated rings. The largest absolute Gasteiger partial charge is 0.336 e. The van der Waals surface area contributed by atoms with Crippen LogP contribution in [0.25, 0.3) is 0 Å². The fourth-order valence-corrected chi connectivity index (χ4v) is 5.10. The Bertz CT molecular complexity index is 837. The van der Waals surface area contributed by atoms with Crippen LogP contribution in [0.1, 0.15) is 12.8 Å². The predicted octanol–water partition coefficient (Wildman–Crippen LogP) is 0.741. The van der Waals surface area contributed by atoms with Gasteiger partial charge in [0.2, 0.25) is 21.7 Å². The molecule has 150 valence electrons. The van der Waals surface area contributed by atoms with E-state index in [0.29, 0.717) is 25.9 Å². The minimum atomic E-state index is -4.25. The molecule has 2 saturated heterocycles. The number of hydrogen-bond acceptors (Lipinski definition) is 6. The van der Waals surface area contributed by atoms with Gasteiger partial charge in [0.05, 0.1) is 11.5 Å². The SMILES string of the molecule is Cl.O=C1CNCCN1C1CCCN(S(=O)(=O)c2cccc(F)c2[N+](=O)[O-])C1. The smallest absolute Gasteiger partial charge is 0.324 e. The average Bonchev–Trinajstić information content (AvgIpc) is 2.61. The predicted molar refractivity (Wildman–Crippen MR) is 96.7 cm³/mol. The van der Waals surface area contributed by atoms with Gasteiger partial charge in [-0.3, -0.25) is 14.9 Å². The van der Waals surface area contributed by atoms with Crippen molar-refractivity contribution >= 4 is 34.0 Å². The first-order valence-corrected chi connectivity index (χ1v) is 9.69. The summed E-state index contributed by atoms with van der Waals surface area (Å²) >= 11 is 0. The Kier molecular flexibility index (Phi) is 6.73. The van der Waals surface area contributed by atoms with Gasteiger partial charge in [0.1, 0.15) is 0 Å². The second-order valence-electron chi connectivity index (χ2n) is 6.27. The highest BCUT2D eigenvalue weighted by Gasteiger charge is 2.38. The second-order valence-corrected chi connectivity index (χ2v) is 8.17. The molecule has 0 spiro atoms. The molecule has 12 heteroatoms. The van der Waals surface area contributed by atoms with E-state index in [4.69, 9.17) is 0 Å². The van der Waals surface area contributed by atoms with Gasteiger partial charge in [-0.1, -0.05) is 6.07 Å². The number of rotatable bonds is 4. The van der Waals surface area contributed by atoms with Gasteiger partial charge >= 0.3 is 5.69 Å². The molecule has 1 N–H and O–H groups in total. The van der Waals surface area contributed by atoms with Crippen molar-refractivity contribution in [3.63, 3.8) is 0 Å². The Morgan fingerprint density at radius 3 is 2.70 bits per heavy atom. The van der Waals surface area contributed by atoms with E-state index in [1.807, 2.05) is 0 Å². The van der Waals surface area contributed by atoms with Crippen molar-refractivity contribution < 1.29 is 22.5 Å². The molecular weight excluding hydrogens is 403 g/mol. The number of nitrogens with one attached hydrogen (secondary N) is 1.